The third-order valence-electron chi connectivity index (χ3n) is 4.80. The highest BCUT2D eigenvalue weighted by Crippen LogP contribution is 2.31. The van der Waals surface area contributed by atoms with Gasteiger partial charge in [0.05, 0.1) is 12.8 Å². The molecule has 1 aromatic heterocycles. The van der Waals surface area contributed by atoms with Gasteiger partial charge in [0.25, 0.3) is 0 Å². The Morgan fingerprint density at radius 2 is 2.23 bits per heavy atom. The maximum atomic E-state index is 8.84. The molecule has 2 N–H and O–H groups in total. The topological polar surface area (TPSA) is 108 Å². The highest BCUT2D eigenvalue weighted by atomic mass is 32.2. The number of aromatic nitrogens is 2. The van der Waals surface area contributed by atoms with E-state index in [4.69, 9.17) is 10.3 Å². The molecule has 8 nitrogen and oxygen atoms in total. The van der Waals surface area contributed by atoms with Crippen LogP contribution >= 0.6 is 11.8 Å². The Labute approximate surface area is 180 Å². The monoisotopic (exact) mass is 423 g/mol. The summed E-state index contributed by atoms with van der Waals surface area (Å²) in [7, 11) is 1.65. The lowest BCUT2D eigenvalue weighted by molar-refractivity contribution is 0.405. The quantitative estimate of drug-likeness (QED) is 0.264. The number of hydrogen-bond acceptors (Lipinski definition) is 7. The molecule has 156 valence electrons. The van der Waals surface area contributed by atoms with Crippen molar-refractivity contribution in [3.63, 3.8) is 0 Å². The number of hydrogen-bond donors (Lipinski definition) is 2. The first-order valence-electron chi connectivity index (χ1n) is 9.58. The third kappa shape index (κ3) is 5.46. The van der Waals surface area contributed by atoms with Crippen molar-refractivity contribution >= 4 is 23.2 Å². The Morgan fingerprint density at radius 1 is 1.37 bits per heavy atom. The van der Waals surface area contributed by atoms with E-state index in [1.807, 2.05) is 30.7 Å². The van der Waals surface area contributed by atoms with Crippen LogP contribution in [-0.2, 0) is 0 Å². The minimum Gasteiger partial charge on any atom is -0.496 e. The van der Waals surface area contributed by atoms with E-state index in [9.17, 15) is 0 Å². The SMILES string of the molecule is COc1ccc(SC)cc1C(CN=[N+]=[N-])CNc1cc(C2=CNC(C)C=C2)ncn1. The fourth-order valence-electron chi connectivity index (χ4n) is 3.14. The molecule has 0 spiro atoms. The van der Waals surface area contributed by atoms with Crippen molar-refractivity contribution in [2.24, 2.45) is 5.11 Å². The zero-order chi connectivity index (χ0) is 21.3. The number of dihydropyridines is 1. The van der Waals surface area contributed by atoms with Gasteiger partial charge in [-0.2, -0.15) is 0 Å². The number of thioether (sulfide) groups is 1. The van der Waals surface area contributed by atoms with E-state index in [-0.39, 0.29) is 5.92 Å². The molecule has 0 saturated carbocycles. The average Bonchev–Trinajstić information content (AvgIpc) is 2.79. The van der Waals surface area contributed by atoms with Crippen LogP contribution in [0.2, 0.25) is 0 Å². The van der Waals surface area contributed by atoms with Crippen LogP contribution in [0, 0.1) is 0 Å². The molecule has 0 radical (unpaired) electrons. The summed E-state index contributed by atoms with van der Waals surface area (Å²) in [4.78, 5) is 12.8. The van der Waals surface area contributed by atoms with Crippen molar-refractivity contribution in [3.05, 3.63) is 70.6 Å². The smallest absolute Gasteiger partial charge is 0.129 e. The molecular formula is C21H25N7OS. The zero-order valence-corrected chi connectivity index (χ0v) is 18.1. The summed E-state index contributed by atoms with van der Waals surface area (Å²) < 4.78 is 5.55. The van der Waals surface area contributed by atoms with Gasteiger partial charge < -0.3 is 15.4 Å². The molecule has 0 bridgehead atoms. The van der Waals surface area contributed by atoms with E-state index >= 15 is 0 Å². The molecule has 2 heterocycles. The van der Waals surface area contributed by atoms with Gasteiger partial charge in [-0.15, -0.1) is 11.8 Å². The molecule has 3 rings (SSSR count). The van der Waals surface area contributed by atoms with Gasteiger partial charge in [-0.05, 0) is 36.9 Å². The van der Waals surface area contributed by atoms with Crippen LogP contribution in [-0.4, -0.2) is 42.5 Å². The van der Waals surface area contributed by atoms with Crippen molar-refractivity contribution in [2.75, 3.05) is 31.8 Å². The van der Waals surface area contributed by atoms with Crippen LogP contribution in [0.5, 0.6) is 5.75 Å². The number of azide groups is 1. The Balaban J connectivity index is 1.80. The summed E-state index contributed by atoms with van der Waals surface area (Å²) >= 11 is 1.66. The van der Waals surface area contributed by atoms with Gasteiger partial charge in [0.2, 0.25) is 0 Å². The predicted molar refractivity (Wildman–Crippen MR) is 122 cm³/mol. The zero-order valence-electron chi connectivity index (χ0n) is 17.2. The van der Waals surface area contributed by atoms with Crippen LogP contribution in [0.4, 0.5) is 5.82 Å². The van der Waals surface area contributed by atoms with Crippen LogP contribution < -0.4 is 15.4 Å². The highest BCUT2D eigenvalue weighted by Gasteiger charge is 2.17. The fraction of sp³-hybridized carbons (Fsp3) is 0.333. The molecule has 0 saturated heterocycles. The van der Waals surface area contributed by atoms with Gasteiger partial charge in [-0.3, -0.25) is 0 Å². The van der Waals surface area contributed by atoms with Crippen molar-refractivity contribution in [1.29, 1.82) is 0 Å². The minimum absolute atomic E-state index is 0.0716. The van der Waals surface area contributed by atoms with Crippen molar-refractivity contribution < 1.29 is 4.74 Å². The molecule has 0 aliphatic carbocycles. The molecule has 0 amide bonds. The normalized spacial score (nSPS) is 16.1. The van der Waals surface area contributed by atoms with Gasteiger partial charge in [0.15, 0.2) is 0 Å². The van der Waals surface area contributed by atoms with Gasteiger partial charge in [0.1, 0.15) is 17.9 Å². The van der Waals surface area contributed by atoms with Crippen LogP contribution in [0.1, 0.15) is 24.1 Å². The maximum absolute atomic E-state index is 8.84. The number of rotatable bonds is 9. The molecule has 30 heavy (non-hydrogen) atoms. The standard InChI is InChI=1S/C21H25N7OS/c1-14-4-5-15(10-23-14)19-9-21(26-13-25-19)24-11-16(12-27-28-22)18-8-17(30-3)6-7-20(18)29-2/h4-10,13-14,16,23H,11-12H2,1-3H3,(H,24,25,26). The number of methoxy groups -OCH3 is 1. The van der Waals surface area contributed by atoms with Crippen LogP contribution in [0.3, 0.4) is 0 Å². The van der Waals surface area contributed by atoms with E-state index in [0.717, 1.165) is 27.5 Å². The van der Waals surface area contributed by atoms with E-state index in [1.54, 1.807) is 25.2 Å². The largest absolute Gasteiger partial charge is 0.496 e. The first-order chi connectivity index (χ1) is 14.6. The predicted octanol–water partition coefficient (Wildman–Crippen LogP) is 4.60. The second-order valence-corrected chi connectivity index (χ2v) is 7.68. The number of anilines is 1. The van der Waals surface area contributed by atoms with E-state index in [1.165, 1.54) is 0 Å². The van der Waals surface area contributed by atoms with Crippen LogP contribution in [0.25, 0.3) is 16.0 Å². The molecule has 2 aromatic rings. The molecular weight excluding hydrogens is 398 g/mol. The number of benzene rings is 1. The molecule has 2 atom stereocenters. The molecule has 1 aliphatic heterocycles. The molecule has 9 heteroatoms. The third-order valence-corrected chi connectivity index (χ3v) is 5.53. The van der Waals surface area contributed by atoms with Gasteiger partial charge >= 0.3 is 0 Å². The Morgan fingerprint density at radius 3 is 2.93 bits per heavy atom. The first-order valence-corrected chi connectivity index (χ1v) is 10.8. The average molecular weight is 424 g/mol. The maximum Gasteiger partial charge on any atom is 0.129 e. The second kappa shape index (κ2) is 10.6. The molecule has 1 aromatic carbocycles. The summed E-state index contributed by atoms with van der Waals surface area (Å²) in [6, 6.07) is 8.26. The summed E-state index contributed by atoms with van der Waals surface area (Å²) in [6.45, 7) is 2.93. The highest BCUT2D eigenvalue weighted by molar-refractivity contribution is 7.98. The summed E-state index contributed by atoms with van der Waals surface area (Å²) in [6.07, 6.45) is 9.67. The van der Waals surface area contributed by atoms with Crippen molar-refractivity contribution in [3.8, 4) is 5.75 Å². The Bertz CT molecular complexity index is 985. The second-order valence-electron chi connectivity index (χ2n) is 6.80. The number of ether oxygens (including phenoxy) is 1. The number of allylic oxidation sites excluding steroid dienone is 2. The lowest BCUT2D eigenvalue weighted by Gasteiger charge is -2.20. The summed E-state index contributed by atoms with van der Waals surface area (Å²) in [5.74, 6) is 1.41. The molecule has 0 fully saturated rings. The minimum atomic E-state index is -0.0716. The van der Waals surface area contributed by atoms with Crippen LogP contribution in [0.15, 0.2) is 59.0 Å². The molecule has 2 unspecified atom stereocenters. The fourth-order valence-corrected chi connectivity index (χ4v) is 3.59. The summed E-state index contributed by atoms with van der Waals surface area (Å²) in [5, 5.41) is 10.4. The Hall–Kier alpha value is -3.16. The number of nitrogens with one attached hydrogen (secondary N) is 2. The lowest BCUT2D eigenvalue weighted by Crippen LogP contribution is -2.20. The van der Waals surface area contributed by atoms with Crippen molar-refractivity contribution in [2.45, 2.75) is 23.8 Å². The van der Waals surface area contributed by atoms with E-state index < -0.39 is 0 Å². The number of nitrogens with zero attached hydrogens (tertiary/aromatic N) is 5. The van der Waals surface area contributed by atoms with Crippen molar-refractivity contribution in [1.82, 2.24) is 15.3 Å². The Kier molecular flexibility index (Phi) is 7.59. The van der Waals surface area contributed by atoms with Gasteiger partial charge in [-0.1, -0.05) is 17.3 Å². The van der Waals surface area contributed by atoms with E-state index in [2.05, 4.69) is 55.8 Å². The first kappa shape index (κ1) is 21.5. The van der Waals surface area contributed by atoms with Gasteiger partial charge in [0, 0.05) is 58.3 Å². The van der Waals surface area contributed by atoms with E-state index in [0.29, 0.717) is 24.9 Å². The lowest BCUT2D eigenvalue weighted by atomic mass is 9.98. The van der Waals surface area contributed by atoms with Gasteiger partial charge in [-0.25, -0.2) is 9.97 Å². The summed E-state index contributed by atoms with van der Waals surface area (Å²) in [5.41, 5.74) is 11.7. The molecule has 1 aliphatic rings.